The predicted molar refractivity (Wildman–Crippen MR) is 89.4 cm³/mol. The molecule has 1 aliphatic rings. The van der Waals surface area contributed by atoms with Gasteiger partial charge in [-0.15, -0.1) is 0 Å². The van der Waals surface area contributed by atoms with Crippen LogP contribution in [0.25, 0.3) is 0 Å². The molecule has 0 atom stereocenters. The van der Waals surface area contributed by atoms with Crippen molar-refractivity contribution in [2.75, 3.05) is 18.7 Å². The minimum atomic E-state index is -0.199. The van der Waals surface area contributed by atoms with Gasteiger partial charge in [-0.1, -0.05) is 29.3 Å². The maximum atomic E-state index is 11.9. The van der Waals surface area contributed by atoms with Crippen molar-refractivity contribution in [3.8, 4) is 11.5 Å². The molecule has 5 nitrogen and oxygen atoms in total. The van der Waals surface area contributed by atoms with E-state index in [1.807, 2.05) is 18.2 Å². The van der Waals surface area contributed by atoms with Crippen LogP contribution in [0.4, 0.5) is 5.69 Å². The fourth-order valence-corrected chi connectivity index (χ4v) is 2.50. The lowest BCUT2D eigenvalue weighted by Crippen LogP contribution is -2.27. The zero-order chi connectivity index (χ0) is 16.2. The van der Waals surface area contributed by atoms with Gasteiger partial charge in [0.2, 0.25) is 12.7 Å². The molecule has 120 valence electrons. The smallest absolute Gasteiger partial charge is 0.238 e. The molecule has 23 heavy (non-hydrogen) atoms. The molecule has 1 aliphatic heterocycles. The summed E-state index contributed by atoms with van der Waals surface area (Å²) in [5.74, 6) is 1.26. The number of carbonyl (C=O) groups excluding carboxylic acids is 1. The number of rotatable bonds is 5. The topological polar surface area (TPSA) is 59.6 Å². The molecule has 0 radical (unpaired) electrons. The van der Waals surface area contributed by atoms with Gasteiger partial charge in [-0.2, -0.15) is 0 Å². The Bertz CT molecular complexity index is 737. The van der Waals surface area contributed by atoms with Gasteiger partial charge in [-0.05, 0) is 35.9 Å². The van der Waals surface area contributed by atoms with E-state index in [-0.39, 0.29) is 19.2 Å². The van der Waals surface area contributed by atoms with E-state index in [1.54, 1.807) is 18.2 Å². The number of fused-ring (bicyclic) bond motifs is 1. The van der Waals surface area contributed by atoms with Gasteiger partial charge in [0.15, 0.2) is 11.5 Å². The van der Waals surface area contributed by atoms with E-state index < -0.39 is 0 Å². The Morgan fingerprint density at radius 3 is 2.78 bits per heavy atom. The number of ether oxygens (including phenoxy) is 2. The van der Waals surface area contributed by atoms with Gasteiger partial charge in [0, 0.05) is 11.6 Å². The van der Waals surface area contributed by atoms with E-state index in [1.165, 1.54) is 0 Å². The molecule has 0 fully saturated rings. The molecule has 0 aliphatic carbocycles. The molecule has 2 aromatic carbocycles. The summed E-state index contributed by atoms with van der Waals surface area (Å²) in [7, 11) is 0. The lowest BCUT2D eigenvalue weighted by molar-refractivity contribution is -0.115. The van der Waals surface area contributed by atoms with Crippen molar-refractivity contribution >= 4 is 34.8 Å². The Morgan fingerprint density at radius 2 is 1.91 bits per heavy atom. The van der Waals surface area contributed by atoms with Crippen LogP contribution in [0.15, 0.2) is 36.4 Å². The molecule has 2 aromatic rings. The van der Waals surface area contributed by atoms with Gasteiger partial charge in [0.05, 0.1) is 17.3 Å². The number of carbonyl (C=O) groups is 1. The molecule has 0 unspecified atom stereocenters. The average Bonchev–Trinajstić information content (AvgIpc) is 2.98. The van der Waals surface area contributed by atoms with Gasteiger partial charge in [0.25, 0.3) is 0 Å². The fraction of sp³-hybridized carbons (Fsp3) is 0.188. The van der Waals surface area contributed by atoms with E-state index in [2.05, 4.69) is 10.6 Å². The van der Waals surface area contributed by atoms with E-state index in [0.29, 0.717) is 22.3 Å². The first-order chi connectivity index (χ1) is 11.1. The maximum Gasteiger partial charge on any atom is 0.238 e. The van der Waals surface area contributed by atoms with Gasteiger partial charge in [-0.3, -0.25) is 4.79 Å². The number of hydrogen-bond acceptors (Lipinski definition) is 4. The molecular formula is C16H14Cl2N2O3. The van der Waals surface area contributed by atoms with Crippen LogP contribution in [0.1, 0.15) is 5.56 Å². The summed E-state index contributed by atoms with van der Waals surface area (Å²) in [6, 6.07) is 10.6. The van der Waals surface area contributed by atoms with Crippen LogP contribution < -0.4 is 20.1 Å². The Kier molecular flexibility index (Phi) is 4.91. The fourth-order valence-electron chi connectivity index (χ4n) is 2.16. The highest BCUT2D eigenvalue weighted by Gasteiger charge is 2.13. The third-order valence-corrected chi connectivity index (χ3v) is 3.82. The maximum absolute atomic E-state index is 11.9. The molecule has 0 aromatic heterocycles. The number of nitrogens with one attached hydrogen (secondary N) is 2. The normalized spacial score (nSPS) is 12.3. The lowest BCUT2D eigenvalue weighted by Gasteiger charge is -2.09. The van der Waals surface area contributed by atoms with Crippen LogP contribution in [0, 0.1) is 0 Å². The molecule has 0 saturated carbocycles. The first-order valence-corrected chi connectivity index (χ1v) is 7.71. The van der Waals surface area contributed by atoms with Crippen molar-refractivity contribution < 1.29 is 14.3 Å². The molecule has 3 rings (SSSR count). The van der Waals surface area contributed by atoms with E-state index in [9.17, 15) is 4.79 Å². The van der Waals surface area contributed by atoms with Gasteiger partial charge >= 0.3 is 0 Å². The zero-order valence-electron chi connectivity index (χ0n) is 12.1. The highest BCUT2D eigenvalue weighted by molar-refractivity contribution is 6.35. The van der Waals surface area contributed by atoms with Crippen molar-refractivity contribution in [3.63, 3.8) is 0 Å². The van der Waals surface area contributed by atoms with Crippen LogP contribution in [-0.2, 0) is 11.3 Å². The second kappa shape index (κ2) is 7.08. The van der Waals surface area contributed by atoms with Crippen molar-refractivity contribution in [2.45, 2.75) is 6.54 Å². The minimum Gasteiger partial charge on any atom is -0.454 e. The summed E-state index contributed by atoms with van der Waals surface area (Å²) in [6.45, 7) is 0.930. The third kappa shape index (κ3) is 4.07. The molecule has 1 amide bonds. The zero-order valence-corrected chi connectivity index (χ0v) is 13.6. The van der Waals surface area contributed by atoms with Crippen LogP contribution in [-0.4, -0.2) is 19.2 Å². The summed E-state index contributed by atoms with van der Waals surface area (Å²) in [4.78, 5) is 11.9. The van der Waals surface area contributed by atoms with Crippen molar-refractivity contribution in [1.82, 2.24) is 5.32 Å². The summed E-state index contributed by atoms with van der Waals surface area (Å²) < 4.78 is 10.6. The summed E-state index contributed by atoms with van der Waals surface area (Å²) >= 11 is 11.9. The molecule has 1 heterocycles. The molecule has 7 heteroatoms. The highest BCUT2D eigenvalue weighted by Crippen LogP contribution is 2.32. The van der Waals surface area contributed by atoms with Crippen LogP contribution >= 0.6 is 23.2 Å². The first-order valence-electron chi connectivity index (χ1n) is 6.96. The second-order valence-corrected chi connectivity index (χ2v) is 5.81. The number of hydrogen-bond donors (Lipinski definition) is 2. The highest BCUT2D eigenvalue weighted by atomic mass is 35.5. The van der Waals surface area contributed by atoms with Gasteiger partial charge < -0.3 is 20.1 Å². The van der Waals surface area contributed by atoms with E-state index in [4.69, 9.17) is 32.7 Å². The molecular weight excluding hydrogens is 339 g/mol. The van der Waals surface area contributed by atoms with Crippen LogP contribution in [0.5, 0.6) is 11.5 Å². The Labute approximate surface area is 143 Å². The largest absolute Gasteiger partial charge is 0.454 e. The Balaban J connectivity index is 1.50. The predicted octanol–water partition coefficient (Wildman–Crippen LogP) is 3.45. The van der Waals surface area contributed by atoms with E-state index >= 15 is 0 Å². The monoisotopic (exact) mass is 352 g/mol. The third-order valence-electron chi connectivity index (χ3n) is 3.25. The second-order valence-electron chi connectivity index (χ2n) is 4.96. The number of amides is 1. The number of halogens is 2. The average molecular weight is 353 g/mol. The molecule has 0 saturated heterocycles. The summed E-state index contributed by atoms with van der Waals surface area (Å²) in [6.07, 6.45) is 0. The minimum absolute atomic E-state index is 0.150. The standard InChI is InChI=1S/C16H14Cl2N2O3/c17-11-2-3-12(18)13(6-11)20-16(21)8-19-7-10-1-4-14-15(5-10)23-9-22-14/h1-6,19H,7-9H2,(H,20,21). The Hall–Kier alpha value is -1.95. The van der Waals surface area contributed by atoms with Crippen LogP contribution in [0.3, 0.4) is 0 Å². The van der Waals surface area contributed by atoms with Crippen LogP contribution in [0.2, 0.25) is 10.0 Å². The quantitative estimate of drug-likeness (QED) is 0.865. The molecule has 0 spiro atoms. The van der Waals surface area contributed by atoms with Crippen molar-refractivity contribution in [2.24, 2.45) is 0 Å². The summed E-state index contributed by atoms with van der Waals surface area (Å²) in [5.41, 5.74) is 1.50. The SMILES string of the molecule is O=C(CNCc1ccc2c(c1)OCO2)Nc1cc(Cl)ccc1Cl. The van der Waals surface area contributed by atoms with E-state index in [0.717, 1.165) is 17.1 Å². The summed E-state index contributed by atoms with van der Waals surface area (Å²) in [5, 5.41) is 6.73. The number of benzene rings is 2. The lowest BCUT2D eigenvalue weighted by atomic mass is 10.2. The van der Waals surface area contributed by atoms with Gasteiger partial charge in [0.1, 0.15) is 0 Å². The Morgan fingerprint density at radius 1 is 1.09 bits per heavy atom. The van der Waals surface area contributed by atoms with Crippen molar-refractivity contribution in [1.29, 1.82) is 0 Å². The number of anilines is 1. The van der Waals surface area contributed by atoms with Crippen molar-refractivity contribution in [3.05, 3.63) is 52.0 Å². The van der Waals surface area contributed by atoms with Gasteiger partial charge in [-0.25, -0.2) is 0 Å². The molecule has 0 bridgehead atoms. The molecule has 2 N–H and O–H groups in total. The first kappa shape index (κ1) is 15.9.